The molecule has 1 saturated heterocycles. The van der Waals surface area contributed by atoms with Gasteiger partial charge in [-0.15, -0.1) is 0 Å². The SMILES string of the molecule is CC(=O)[C@@]12C[C@@H]1[C@@H]1OC(C)(C)O[C@@H]1C2=O. The number of hydrogen-bond donors (Lipinski definition) is 0. The zero-order valence-corrected chi connectivity index (χ0v) is 9.07. The molecule has 0 aromatic heterocycles. The van der Waals surface area contributed by atoms with Gasteiger partial charge in [0.1, 0.15) is 11.9 Å². The van der Waals surface area contributed by atoms with Crippen LogP contribution in [-0.4, -0.2) is 29.6 Å². The Balaban J connectivity index is 1.94. The molecule has 2 aliphatic carbocycles. The van der Waals surface area contributed by atoms with Crippen molar-refractivity contribution in [2.24, 2.45) is 11.3 Å². The van der Waals surface area contributed by atoms with Crippen LogP contribution in [0.2, 0.25) is 0 Å². The van der Waals surface area contributed by atoms with Gasteiger partial charge in [-0.05, 0) is 27.2 Å². The van der Waals surface area contributed by atoms with Crippen LogP contribution in [0, 0.1) is 11.3 Å². The van der Waals surface area contributed by atoms with E-state index in [1.165, 1.54) is 6.92 Å². The first-order valence-corrected chi connectivity index (χ1v) is 5.29. The molecule has 3 rings (SSSR count). The Morgan fingerprint density at radius 2 is 2.07 bits per heavy atom. The lowest BCUT2D eigenvalue weighted by Gasteiger charge is -2.19. The average molecular weight is 210 g/mol. The molecule has 0 unspecified atom stereocenters. The summed E-state index contributed by atoms with van der Waals surface area (Å²) in [5.41, 5.74) is -0.744. The summed E-state index contributed by atoms with van der Waals surface area (Å²) >= 11 is 0. The summed E-state index contributed by atoms with van der Waals surface area (Å²) in [5.74, 6) is -0.710. The molecule has 2 saturated carbocycles. The molecular weight excluding hydrogens is 196 g/mol. The van der Waals surface area contributed by atoms with Crippen molar-refractivity contribution >= 4 is 11.6 Å². The van der Waals surface area contributed by atoms with Gasteiger partial charge >= 0.3 is 0 Å². The van der Waals surface area contributed by atoms with E-state index < -0.39 is 17.3 Å². The van der Waals surface area contributed by atoms with Crippen molar-refractivity contribution in [3.63, 3.8) is 0 Å². The number of hydrogen-bond acceptors (Lipinski definition) is 4. The van der Waals surface area contributed by atoms with E-state index in [0.717, 1.165) is 0 Å². The Morgan fingerprint density at radius 1 is 1.40 bits per heavy atom. The maximum Gasteiger partial charge on any atom is 0.178 e. The third kappa shape index (κ3) is 0.941. The van der Waals surface area contributed by atoms with Gasteiger partial charge in [-0.3, -0.25) is 9.59 Å². The van der Waals surface area contributed by atoms with E-state index >= 15 is 0 Å². The molecule has 0 aromatic carbocycles. The summed E-state index contributed by atoms with van der Waals surface area (Å²) in [7, 11) is 0. The maximum atomic E-state index is 12.1. The molecule has 4 heteroatoms. The van der Waals surface area contributed by atoms with Crippen LogP contribution >= 0.6 is 0 Å². The van der Waals surface area contributed by atoms with Crippen molar-refractivity contribution in [2.45, 2.75) is 45.2 Å². The molecule has 0 N–H and O–H groups in total. The van der Waals surface area contributed by atoms with Gasteiger partial charge in [-0.2, -0.15) is 0 Å². The van der Waals surface area contributed by atoms with Crippen LogP contribution in [0.5, 0.6) is 0 Å². The molecule has 82 valence electrons. The van der Waals surface area contributed by atoms with Crippen molar-refractivity contribution in [1.82, 2.24) is 0 Å². The van der Waals surface area contributed by atoms with E-state index in [4.69, 9.17) is 9.47 Å². The first-order chi connectivity index (χ1) is 6.88. The predicted molar refractivity (Wildman–Crippen MR) is 50.1 cm³/mol. The van der Waals surface area contributed by atoms with Gasteiger partial charge in [0.05, 0.1) is 11.5 Å². The molecule has 3 fully saturated rings. The van der Waals surface area contributed by atoms with Crippen molar-refractivity contribution in [1.29, 1.82) is 0 Å². The summed E-state index contributed by atoms with van der Waals surface area (Å²) in [6, 6.07) is 0. The molecule has 0 spiro atoms. The second-order valence-electron chi connectivity index (χ2n) is 5.22. The second-order valence-corrected chi connectivity index (χ2v) is 5.22. The average Bonchev–Trinajstić information content (AvgIpc) is 2.72. The van der Waals surface area contributed by atoms with Crippen LogP contribution in [0.1, 0.15) is 27.2 Å². The van der Waals surface area contributed by atoms with E-state index in [1.54, 1.807) is 13.8 Å². The lowest BCUT2D eigenvalue weighted by molar-refractivity contribution is -0.164. The largest absolute Gasteiger partial charge is 0.344 e. The number of ketones is 2. The Kier molecular flexibility index (Phi) is 1.47. The highest BCUT2D eigenvalue weighted by atomic mass is 16.8. The van der Waals surface area contributed by atoms with Crippen molar-refractivity contribution in [2.75, 3.05) is 0 Å². The van der Waals surface area contributed by atoms with Gasteiger partial charge in [-0.1, -0.05) is 0 Å². The fraction of sp³-hybridized carbons (Fsp3) is 0.818. The number of rotatable bonds is 1. The van der Waals surface area contributed by atoms with Gasteiger partial charge in [0.15, 0.2) is 11.6 Å². The van der Waals surface area contributed by atoms with Crippen LogP contribution in [0.25, 0.3) is 0 Å². The number of carbonyl (C=O) groups is 2. The van der Waals surface area contributed by atoms with Gasteiger partial charge in [0.2, 0.25) is 0 Å². The van der Waals surface area contributed by atoms with Crippen molar-refractivity contribution in [3.8, 4) is 0 Å². The van der Waals surface area contributed by atoms with E-state index in [9.17, 15) is 9.59 Å². The molecule has 1 aliphatic heterocycles. The fourth-order valence-electron chi connectivity index (χ4n) is 3.09. The van der Waals surface area contributed by atoms with Crippen molar-refractivity contribution in [3.05, 3.63) is 0 Å². The molecule has 4 nitrogen and oxygen atoms in total. The molecule has 0 bridgehead atoms. The van der Waals surface area contributed by atoms with Gasteiger partial charge in [0.25, 0.3) is 0 Å². The van der Waals surface area contributed by atoms with E-state index in [2.05, 4.69) is 0 Å². The van der Waals surface area contributed by atoms with Gasteiger partial charge < -0.3 is 9.47 Å². The molecule has 0 aromatic rings. The third-order valence-corrected chi connectivity index (χ3v) is 3.87. The highest BCUT2D eigenvalue weighted by Crippen LogP contribution is 2.65. The topological polar surface area (TPSA) is 52.6 Å². The quantitative estimate of drug-likeness (QED) is 0.597. The lowest BCUT2D eigenvalue weighted by atomic mass is 9.97. The fourth-order valence-corrected chi connectivity index (χ4v) is 3.09. The number of carbonyl (C=O) groups excluding carboxylic acids is 2. The summed E-state index contributed by atoms with van der Waals surface area (Å²) in [6.45, 7) is 5.09. The molecular formula is C11H14O4. The first kappa shape index (κ1) is 9.48. The Morgan fingerprint density at radius 3 is 2.60 bits per heavy atom. The maximum absolute atomic E-state index is 12.1. The number of ether oxygens (including phenoxy) is 2. The Bertz CT molecular complexity index is 373. The normalized spacial score (nSPS) is 50.1. The summed E-state index contributed by atoms with van der Waals surface area (Å²) < 4.78 is 11.2. The summed E-state index contributed by atoms with van der Waals surface area (Å²) in [5, 5.41) is 0. The highest BCUT2D eigenvalue weighted by molar-refractivity contribution is 6.14. The van der Waals surface area contributed by atoms with E-state index in [0.29, 0.717) is 6.42 Å². The lowest BCUT2D eigenvalue weighted by Crippen LogP contribution is -2.33. The Hall–Kier alpha value is -0.740. The van der Waals surface area contributed by atoms with Crippen LogP contribution in [0.3, 0.4) is 0 Å². The highest BCUT2D eigenvalue weighted by Gasteiger charge is 2.77. The monoisotopic (exact) mass is 210 g/mol. The van der Waals surface area contributed by atoms with Crippen LogP contribution < -0.4 is 0 Å². The zero-order chi connectivity index (χ0) is 11.0. The second kappa shape index (κ2) is 2.33. The van der Waals surface area contributed by atoms with Crippen LogP contribution in [0.4, 0.5) is 0 Å². The zero-order valence-electron chi connectivity index (χ0n) is 9.07. The molecule has 0 radical (unpaired) electrons. The number of Topliss-reactive ketones (excluding diaryl/α,β-unsaturated/α-hetero) is 2. The third-order valence-electron chi connectivity index (χ3n) is 3.87. The molecule has 0 amide bonds. The standard InChI is InChI=1S/C11H14O4/c1-5(12)11-4-6(11)7-8(9(11)13)15-10(2,3)14-7/h6-8H,4H2,1-3H3/t6-,7+,8+,11+/m1/s1. The van der Waals surface area contributed by atoms with Crippen molar-refractivity contribution < 1.29 is 19.1 Å². The van der Waals surface area contributed by atoms with Gasteiger partial charge in [0, 0.05) is 5.92 Å². The minimum absolute atomic E-state index is 0.0306. The van der Waals surface area contributed by atoms with E-state index in [1.807, 2.05) is 0 Å². The number of fused-ring (bicyclic) bond motifs is 3. The Labute approximate surface area is 87.9 Å². The van der Waals surface area contributed by atoms with Crippen LogP contribution in [-0.2, 0) is 19.1 Å². The molecule has 4 atom stereocenters. The van der Waals surface area contributed by atoms with E-state index in [-0.39, 0.29) is 23.6 Å². The predicted octanol–water partition coefficient (Wildman–Crippen LogP) is 0.684. The first-order valence-electron chi connectivity index (χ1n) is 5.29. The molecule has 1 heterocycles. The van der Waals surface area contributed by atoms with Crippen LogP contribution in [0.15, 0.2) is 0 Å². The molecule has 15 heavy (non-hydrogen) atoms. The summed E-state index contributed by atoms with van der Waals surface area (Å²) in [4.78, 5) is 23.5. The van der Waals surface area contributed by atoms with Gasteiger partial charge in [-0.25, -0.2) is 0 Å². The molecule has 3 aliphatic rings. The minimum Gasteiger partial charge on any atom is -0.344 e. The smallest absolute Gasteiger partial charge is 0.178 e. The minimum atomic E-state index is -0.744. The summed E-state index contributed by atoms with van der Waals surface area (Å²) in [6.07, 6.45) is -0.0547.